The Morgan fingerprint density at radius 1 is 1.50 bits per heavy atom. The number of carboxylic acids is 1. The number of phenols is 1. The average molecular weight is 191 g/mol. The van der Waals surface area contributed by atoms with Crippen LogP contribution < -0.4 is 5.32 Å². The van der Waals surface area contributed by atoms with E-state index in [9.17, 15) is 9.90 Å². The number of hydrogen-bond acceptors (Lipinski definition) is 3. The van der Waals surface area contributed by atoms with Crippen LogP contribution in [0.1, 0.15) is 17.3 Å². The molecule has 0 heterocycles. The molecule has 4 heteroatoms. The van der Waals surface area contributed by atoms with E-state index in [-0.39, 0.29) is 11.3 Å². The molecule has 14 heavy (non-hydrogen) atoms. The summed E-state index contributed by atoms with van der Waals surface area (Å²) in [6, 6.07) is 6.75. The van der Waals surface area contributed by atoms with Crippen LogP contribution in [0.15, 0.2) is 18.2 Å². The van der Waals surface area contributed by atoms with Crippen molar-refractivity contribution in [1.29, 1.82) is 0 Å². The Morgan fingerprint density at radius 2 is 2.21 bits per heavy atom. The van der Waals surface area contributed by atoms with Gasteiger partial charge in [0.2, 0.25) is 0 Å². The molecule has 0 fully saturated rings. The van der Waals surface area contributed by atoms with Gasteiger partial charge in [-0.2, -0.15) is 0 Å². The van der Waals surface area contributed by atoms with Crippen LogP contribution in [0.5, 0.6) is 5.75 Å². The van der Waals surface area contributed by atoms with Crippen LogP contribution in [0, 0.1) is 12.0 Å². The topological polar surface area (TPSA) is 69.6 Å². The lowest BCUT2D eigenvalue weighted by Gasteiger charge is -2.02. The van der Waals surface area contributed by atoms with Crippen molar-refractivity contribution in [2.45, 2.75) is 6.92 Å². The van der Waals surface area contributed by atoms with Crippen LogP contribution in [0.4, 0.5) is 5.69 Å². The maximum atomic E-state index is 10.6. The molecule has 3 N–H and O–H groups in total. The smallest absolute Gasteiger partial charge is 0.339 e. The van der Waals surface area contributed by atoms with E-state index in [4.69, 9.17) is 5.11 Å². The monoisotopic (exact) mass is 191 g/mol. The summed E-state index contributed by atoms with van der Waals surface area (Å²) in [6.07, 6.45) is 0. The molecule has 72 valence electrons. The quantitative estimate of drug-likeness (QED) is 0.376. The highest BCUT2D eigenvalue weighted by Gasteiger charge is 2.09. The molecule has 0 aromatic heterocycles. The van der Waals surface area contributed by atoms with Crippen LogP contribution in [-0.2, 0) is 0 Å². The highest BCUT2D eigenvalue weighted by molar-refractivity contribution is 5.92. The Labute approximate surface area is 81.2 Å². The molecule has 0 atom stereocenters. The van der Waals surface area contributed by atoms with Gasteiger partial charge in [-0.3, -0.25) is 0 Å². The van der Waals surface area contributed by atoms with Crippen molar-refractivity contribution in [1.82, 2.24) is 0 Å². The second-order valence-corrected chi connectivity index (χ2v) is 2.54. The lowest BCUT2D eigenvalue weighted by Crippen LogP contribution is -1.98. The van der Waals surface area contributed by atoms with Crippen molar-refractivity contribution < 1.29 is 15.0 Å². The number of aromatic carboxylic acids is 1. The van der Waals surface area contributed by atoms with Crippen molar-refractivity contribution in [3.8, 4) is 17.7 Å². The molecule has 1 aromatic rings. The summed E-state index contributed by atoms with van der Waals surface area (Å²) >= 11 is 0. The van der Waals surface area contributed by atoms with Crippen molar-refractivity contribution in [3.05, 3.63) is 23.8 Å². The normalized spacial score (nSPS) is 8.64. The molecule has 0 spiro atoms. The fraction of sp³-hybridized carbons (Fsp3) is 0.100. The minimum Gasteiger partial charge on any atom is -0.507 e. The Balaban J connectivity index is 3.04. The molecule has 0 aliphatic rings. The third kappa shape index (κ3) is 2.17. The fourth-order valence-electron chi connectivity index (χ4n) is 0.920. The van der Waals surface area contributed by atoms with Gasteiger partial charge in [-0.15, -0.1) is 0 Å². The first-order valence-corrected chi connectivity index (χ1v) is 3.89. The largest absolute Gasteiger partial charge is 0.507 e. The summed E-state index contributed by atoms with van der Waals surface area (Å²) in [5, 5.41) is 20.6. The van der Waals surface area contributed by atoms with Gasteiger partial charge in [-0.05, 0) is 25.1 Å². The molecule has 0 aliphatic carbocycles. The second kappa shape index (κ2) is 4.19. The molecule has 0 aliphatic heterocycles. The van der Waals surface area contributed by atoms with Gasteiger partial charge in [0.05, 0.1) is 0 Å². The van der Waals surface area contributed by atoms with E-state index in [1.807, 2.05) is 0 Å². The van der Waals surface area contributed by atoms with E-state index in [1.165, 1.54) is 12.1 Å². The molecule has 0 unspecified atom stereocenters. The summed E-state index contributed by atoms with van der Waals surface area (Å²) in [7, 11) is 0. The molecular formula is C10H9NO3. The highest BCUT2D eigenvalue weighted by Crippen LogP contribution is 2.20. The Morgan fingerprint density at radius 3 is 2.79 bits per heavy atom. The van der Waals surface area contributed by atoms with Crippen LogP contribution >= 0.6 is 0 Å². The second-order valence-electron chi connectivity index (χ2n) is 2.54. The van der Waals surface area contributed by atoms with Crippen LogP contribution in [-0.4, -0.2) is 16.2 Å². The summed E-state index contributed by atoms with van der Waals surface area (Å²) in [5.74, 6) is 1.18. The van der Waals surface area contributed by atoms with Crippen LogP contribution in [0.2, 0.25) is 0 Å². The Bertz CT molecular complexity index is 415. The number of carbonyl (C=O) groups is 1. The van der Waals surface area contributed by atoms with Crippen molar-refractivity contribution in [2.75, 3.05) is 5.32 Å². The van der Waals surface area contributed by atoms with Gasteiger partial charge in [0.25, 0.3) is 0 Å². The summed E-state index contributed by atoms with van der Waals surface area (Å²) in [6.45, 7) is 1.66. The maximum Gasteiger partial charge on any atom is 0.339 e. The fourth-order valence-corrected chi connectivity index (χ4v) is 0.920. The van der Waals surface area contributed by atoms with Crippen molar-refractivity contribution in [2.24, 2.45) is 0 Å². The molecule has 0 amide bonds. The molecular weight excluding hydrogens is 182 g/mol. The summed E-state index contributed by atoms with van der Waals surface area (Å²) < 4.78 is 0. The Hall–Kier alpha value is -2.15. The first kappa shape index (κ1) is 9.93. The lowest BCUT2D eigenvalue weighted by molar-refractivity contribution is 0.0694. The predicted molar refractivity (Wildman–Crippen MR) is 52.1 cm³/mol. The number of anilines is 1. The molecule has 1 rings (SSSR count). The summed E-state index contributed by atoms with van der Waals surface area (Å²) in [5.41, 5.74) is 0.391. The summed E-state index contributed by atoms with van der Waals surface area (Å²) in [4.78, 5) is 10.6. The number of hydrogen-bond donors (Lipinski definition) is 3. The van der Waals surface area contributed by atoms with Gasteiger partial charge >= 0.3 is 5.97 Å². The minimum atomic E-state index is -1.17. The van der Waals surface area contributed by atoms with E-state index in [0.29, 0.717) is 5.69 Å². The third-order valence-electron chi connectivity index (χ3n) is 1.56. The minimum absolute atomic E-state index is 0.145. The zero-order valence-electron chi connectivity index (χ0n) is 7.53. The molecule has 1 aromatic carbocycles. The number of carboxylic acid groups (broad SMARTS) is 1. The SMILES string of the molecule is CC#CNc1ccc(O)c(C(=O)O)c1. The highest BCUT2D eigenvalue weighted by atomic mass is 16.4. The molecule has 4 nitrogen and oxygen atoms in total. The number of nitrogens with one attached hydrogen (secondary N) is 1. The van der Waals surface area contributed by atoms with E-state index in [2.05, 4.69) is 17.3 Å². The number of benzene rings is 1. The standard InChI is InChI=1S/C10H9NO3/c1-2-5-11-7-3-4-9(12)8(6-7)10(13)14/h3-4,6,11-12H,1H3,(H,13,14). The van der Waals surface area contributed by atoms with Gasteiger partial charge in [-0.1, -0.05) is 5.92 Å². The van der Waals surface area contributed by atoms with Crippen LogP contribution in [0.25, 0.3) is 0 Å². The zero-order chi connectivity index (χ0) is 10.6. The number of rotatable bonds is 2. The Kier molecular flexibility index (Phi) is 2.97. The molecule has 0 saturated heterocycles. The zero-order valence-corrected chi connectivity index (χ0v) is 7.53. The predicted octanol–water partition coefficient (Wildman–Crippen LogP) is 1.48. The van der Waals surface area contributed by atoms with E-state index >= 15 is 0 Å². The third-order valence-corrected chi connectivity index (χ3v) is 1.56. The van der Waals surface area contributed by atoms with E-state index in [1.54, 1.807) is 13.0 Å². The number of aromatic hydroxyl groups is 1. The molecule has 0 saturated carbocycles. The molecule has 0 bridgehead atoms. The van der Waals surface area contributed by atoms with Gasteiger partial charge in [0.15, 0.2) is 0 Å². The van der Waals surface area contributed by atoms with Crippen molar-refractivity contribution in [3.63, 3.8) is 0 Å². The van der Waals surface area contributed by atoms with Crippen LogP contribution in [0.3, 0.4) is 0 Å². The van der Waals surface area contributed by atoms with Gasteiger partial charge in [-0.25, -0.2) is 4.79 Å². The van der Waals surface area contributed by atoms with Crippen molar-refractivity contribution >= 4 is 11.7 Å². The van der Waals surface area contributed by atoms with E-state index in [0.717, 1.165) is 0 Å². The van der Waals surface area contributed by atoms with E-state index < -0.39 is 5.97 Å². The first-order chi connectivity index (χ1) is 6.65. The lowest BCUT2D eigenvalue weighted by atomic mass is 10.2. The average Bonchev–Trinajstić information content (AvgIpc) is 2.16. The van der Waals surface area contributed by atoms with Gasteiger partial charge in [0, 0.05) is 11.7 Å². The van der Waals surface area contributed by atoms with Gasteiger partial charge in [0.1, 0.15) is 11.3 Å². The molecule has 0 radical (unpaired) electrons. The first-order valence-electron chi connectivity index (χ1n) is 3.89. The van der Waals surface area contributed by atoms with Gasteiger partial charge < -0.3 is 15.5 Å². The maximum absolute atomic E-state index is 10.6.